The first kappa shape index (κ1) is 14.2. The number of carbonyl (C=O) groups excluding carboxylic acids is 1. The minimum absolute atomic E-state index is 0.150. The normalized spacial score (nSPS) is 20.7. The fourth-order valence-corrected chi connectivity index (χ4v) is 3.00. The van der Waals surface area contributed by atoms with E-state index in [9.17, 15) is 4.79 Å². The van der Waals surface area contributed by atoms with E-state index in [0.717, 1.165) is 37.1 Å². The molecule has 0 radical (unpaired) electrons. The van der Waals surface area contributed by atoms with Crippen molar-refractivity contribution < 1.29 is 13.9 Å². The minimum atomic E-state index is 0.150. The predicted molar refractivity (Wildman–Crippen MR) is 82.9 cm³/mol. The molecule has 1 aliphatic heterocycles. The summed E-state index contributed by atoms with van der Waals surface area (Å²) in [5, 5.41) is 8.33. The fourth-order valence-electron chi connectivity index (χ4n) is 3.00. The molecule has 6 nitrogen and oxygen atoms in total. The summed E-state index contributed by atoms with van der Waals surface area (Å²) in [5.41, 5.74) is 0.869. The number of aromatic nitrogens is 2. The van der Waals surface area contributed by atoms with Crippen molar-refractivity contribution in [3.63, 3.8) is 0 Å². The lowest BCUT2D eigenvalue weighted by Crippen LogP contribution is -2.29. The van der Waals surface area contributed by atoms with Crippen LogP contribution in [0.15, 0.2) is 28.7 Å². The number of amides is 1. The van der Waals surface area contributed by atoms with Crippen LogP contribution in [0.25, 0.3) is 11.5 Å². The maximum absolute atomic E-state index is 12.1. The highest BCUT2D eigenvalue weighted by Gasteiger charge is 2.38. The van der Waals surface area contributed by atoms with Gasteiger partial charge in [0.1, 0.15) is 5.75 Å². The summed E-state index contributed by atoms with van der Waals surface area (Å²) in [6.07, 6.45) is 2.98. The van der Waals surface area contributed by atoms with E-state index < -0.39 is 0 Å². The zero-order chi connectivity index (χ0) is 15.8. The third-order valence-corrected chi connectivity index (χ3v) is 4.55. The molecule has 1 saturated heterocycles. The van der Waals surface area contributed by atoms with Crippen molar-refractivity contribution in [1.29, 1.82) is 0 Å². The first-order valence-electron chi connectivity index (χ1n) is 8.01. The average Bonchev–Trinajstić information content (AvgIpc) is 3.12. The summed E-state index contributed by atoms with van der Waals surface area (Å²) in [4.78, 5) is 14.1. The molecule has 1 atom stereocenters. The molecule has 1 aromatic heterocycles. The van der Waals surface area contributed by atoms with Crippen LogP contribution in [0, 0.1) is 5.92 Å². The number of benzene rings is 1. The Morgan fingerprint density at radius 3 is 2.70 bits per heavy atom. The van der Waals surface area contributed by atoms with Crippen molar-refractivity contribution in [3.8, 4) is 17.2 Å². The number of nitrogens with zero attached hydrogens (tertiary/aromatic N) is 3. The van der Waals surface area contributed by atoms with E-state index in [1.807, 2.05) is 29.2 Å². The van der Waals surface area contributed by atoms with Gasteiger partial charge in [0.2, 0.25) is 17.7 Å². The SMILES string of the molecule is COc1ccc(-c2nnc(C3CCN(C(=O)C4CC4)C3)o2)cc1. The molecule has 2 aliphatic rings. The van der Waals surface area contributed by atoms with Gasteiger partial charge in [0.15, 0.2) is 0 Å². The summed E-state index contributed by atoms with van der Waals surface area (Å²) in [7, 11) is 1.63. The Morgan fingerprint density at radius 1 is 1.22 bits per heavy atom. The van der Waals surface area contributed by atoms with Gasteiger partial charge in [0.25, 0.3) is 0 Å². The molecule has 0 N–H and O–H groups in total. The number of likely N-dealkylation sites (tertiary alicyclic amines) is 1. The van der Waals surface area contributed by atoms with Crippen LogP contribution in [0.3, 0.4) is 0 Å². The third kappa shape index (κ3) is 2.81. The van der Waals surface area contributed by atoms with Gasteiger partial charge in [0.05, 0.1) is 13.0 Å². The number of carbonyl (C=O) groups is 1. The number of hydrogen-bond donors (Lipinski definition) is 0. The van der Waals surface area contributed by atoms with Crippen LogP contribution in [0.2, 0.25) is 0 Å². The molecule has 1 aromatic carbocycles. The molecule has 1 amide bonds. The Labute approximate surface area is 134 Å². The summed E-state index contributed by atoms with van der Waals surface area (Å²) in [6, 6.07) is 7.52. The molecule has 2 fully saturated rings. The largest absolute Gasteiger partial charge is 0.497 e. The first-order chi connectivity index (χ1) is 11.2. The molecule has 23 heavy (non-hydrogen) atoms. The molecule has 1 aliphatic carbocycles. The second kappa shape index (κ2) is 5.68. The van der Waals surface area contributed by atoms with Crippen LogP contribution >= 0.6 is 0 Å². The Morgan fingerprint density at radius 2 is 2.00 bits per heavy atom. The van der Waals surface area contributed by atoms with E-state index >= 15 is 0 Å². The fraction of sp³-hybridized carbons (Fsp3) is 0.471. The average molecular weight is 313 g/mol. The van der Waals surface area contributed by atoms with E-state index in [1.165, 1.54) is 0 Å². The predicted octanol–water partition coefficient (Wildman–Crippen LogP) is 2.47. The highest BCUT2D eigenvalue weighted by molar-refractivity contribution is 5.81. The van der Waals surface area contributed by atoms with E-state index in [0.29, 0.717) is 24.2 Å². The number of ether oxygens (including phenoxy) is 1. The number of hydrogen-bond acceptors (Lipinski definition) is 5. The van der Waals surface area contributed by atoms with Gasteiger partial charge in [-0.1, -0.05) is 0 Å². The van der Waals surface area contributed by atoms with Crippen molar-refractivity contribution in [2.24, 2.45) is 5.92 Å². The zero-order valence-corrected chi connectivity index (χ0v) is 13.1. The topological polar surface area (TPSA) is 68.5 Å². The van der Waals surface area contributed by atoms with Crippen LogP contribution in [0.5, 0.6) is 5.75 Å². The summed E-state index contributed by atoms with van der Waals surface area (Å²) < 4.78 is 11.0. The summed E-state index contributed by atoms with van der Waals surface area (Å²) >= 11 is 0. The van der Waals surface area contributed by atoms with Gasteiger partial charge in [-0.3, -0.25) is 4.79 Å². The van der Waals surface area contributed by atoms with Gasteiger partial charge in [-0.05, 0) is 43.5 Å². The van der Waals surface area contributed by atoms with E-state index in [-0.39, 0.29) is 11.8 Å². The lowest BCUT2D eigenvalue weighted by molar-refractivity contribution is -0.131. The maximum atomic E-state index is 12.1. The van der Waals surface area contributed by atoms with Crippen LogP contribution in [-0.4, -0.2) is 41.2 Å². The minimum Gasteiger partial charge on any atom is -0.497 e. The van der Waals surface area contributed by atoms with Crippen LogP contribution in [0.1, 0.15) is 31.1 Å². The van der Waals surface area contributed by atoms with Crippen LogP contribution < -0.4 is 4.74 Å². The smallest absolute Gasteiger partial charge is 0.247 e. The first-order valence-corrected chi connectivity index (χ1v) is 8.01. The molecule has 1 saturated carbocycles. The van der Waals surface area contributed by atoms with Crippen molar-refractivity contribution in [1.82, 2.24) is 15.1 Å². The zero-order valence-electron chi connectivity index (χ0n) is 13.1. The lowest BCUT2D eigenvalue weighted by Gasteiger charge is -2.14. The van der Waals surface area contributed by atoms with Crippen LogP contribution in [0.4, 0.5) is 0 Å². The van der Waals surface area contributed by atoms with Gasteiger partial charge in [0, 0.05) is 24.6 Å². The molecule has 0 spiro atoms. The molecule has 4 rings (SSSR count). The number of rotatable bonds is 4. The standard InChI is InChI=1S/C17H19N3O3/c1-22-14-6-4-11(5-7-14)15-18-19-16(23-15)13-8-9-20(10-13)17(21)12-2-3-12/h4-7,12-13H,2-3,8-10H2,1H3. The molecule has 6 heteroatoms. The molecule has 120 valence electrons. The highest BCUT2D eigenvalue weighted by Crippen LogP contribution is 2.35. The Bertz CT molecular complexity index is 706. The van der Waals surface area contributed by atoms with Crippen molar-refractivity contribution >= 4 is 5.91 Å². The molecule has 2 heterocycles. The molecule has 1 unspecified atom stereocenters. The molecule has 2 aromatic rings. The molecular weight excluding hydrogens is 294 g/mol. The Balaban J connectivity index is 1.46. The molecule has 0 bridgehead atoms. The lowest BCUT2D eigenvalue weighted by atomic mass is 10.1. The van der Waals surface area contributed by atoms with Gasteiger partial charge in [-0.25, -0.2) is 0 Å². The van der Waals surface area contributed by atoms with Gasteiger partial charge < -0.3 is 14.1 Å². The Kier molecular flexibility index (Phi) is 3.52. The van der Waals surface area contributed by atoms with Gasteiger partial charge >= 0.3 is 0 Å². The molecular formula is C17H19N3O3. The monoisotopic (exact) mass is 313 g/mol. The second-order valence-corrected chi connectivity index (χ2v) is 6.22. The second-order valence-electron chi connectivity index (χ2n) is 6.22. The van der Waals surface area contributed by atoms with Crippen molar-refractivity contribution in [2.45, 2.75) is 25.2 Å². The summed E-state index contributed by atoms with van der Waals surface area (Å²) in [5.74, 6) is 2.64. The van der Waals surface area contributed by atoms with E-state index in [2.05, 4.69) is 10.2 Å². The van der Waals surface area contributed by atoms with Gasteiger partial charge in [-0.15, -0.1) is 10.2 Å². The van der Waals surface area contributed by atoms with E-state index in [4.69, 9.17) is 9.15 Å². The number of methoxy groups -OCH3 is 1. The Hall–Kier alpha value is -2.37. The quantitative estimate of drug-likeness (QED) is 0.867. The summed E-state index contributed by atoms with van der Waals surface area (Å²) in [6.45, 7) is 1.49. The van der Waals surface area contributed by atoms with E-state index in [1.54, 1.807) is 7.11 Å². The third-order valence-electron chi connectivity index (χ3n) is 4.55. The highest BCUT2D eigenvalue weighted by atomic mass is 16.5. The van der Waals surface area contributed by atoms with Gasteiger partial charge in [-0.2, -0.15) is 0 Å². The van der Waals surface area contributed by atoms with Crippen molar-refractivity contribution in [2.75, 3.05) is 20.2 Å². The maximum Gasteiger partial charge on any atom is 0.247 e. The van der Waals surface area contributed by atoms with Crippen LogP contribution in [-0.2, 0) is 4.79 Å². The van der Waals surface area contributed by atoms with Crippen molar-refractivity contribution in [3.05, 3.63) is 30.2 Å².